The Morgan fingerprint density at radius 3 is 2.39 bits per heavy atom. The van der Waals surface area contributed by atoms with Crippen molar-refractivity contribution >= 4 is 43.6 Å². The molecule has 0 unspecified atom stereocenters. The maximum atomic E-state index is 12.8. The molecular weight excluding hydrogens is 563 g/mol. The molecule has 0 bridgehead atoms. The standard InChI is InChI=1S/C24H25BrF3N3O4S/c1-21(2,3)30-20(33)35-23(9-22(4,34)10-23)14-7-5-13(6-8-14)17-16(25)15-18(36-17)29-12-31(19(15)32)11-24(26,27)28/h5-8,12,34H,9-11H2,1-4H3,(H,30,33). The zero-order chi connectivity index (χ0) is 26.7. The zero-order valence-electron chi connectivity index (χ0n) is 20.0. The monoisotopic (exact) mass is 587 g/mol. The Morgan fingerprint density at radius 2 is 1.86 bits per heavy atom. The van der Waals surface area contributed by atoms with Crippen molar-refractivity contribution in [3.63, 3.8) is 0 Å². The molecule has 2 aromatic heterocycles. The van der Waals surface area contributed by atoms with Gasteiger partial charge in [0.15, 0.2) is 0 Å². The number of fused-ring (bicyclic) bond motifs is 1. The van der Waals surface area contributed by atoms with Crippen LogP contribution in [0.3, 0.4) is 0 Å². The van der Waals surface area contributed by atoms with Crippen molar-refractivity contribution in [3.8, 4) is 10.4 Å². The third kappa shape index (κ3) is 5.45. The van der Waals surface area contributed by atoms with Crippen LogP contribution in [-0.4, -0.2) is 38.1 Å². The fraction of sp³-hybridized carbons (Fsp3) is 0.458. The van der Waals surface area contributed by atoms with Gasteiger partial charge in [-0.2, -0.15) is 13.2 Å². The minimum absolute atomic E-state index is 0.0829. The van der Waals surface area contributed by atoms with Crippen LogP contribution in [0.2, 0.25) is 0 Å². The second-order valence-corrected chi connectivity index (χ2v) is 12.2. The number of carbonyl (C=O) groups excluding carboxylic acids is 1. The van der Waals surface area contributed by atoms with Gasteiger partial charge in [-0.25, -0.2) is 9.78 Å². The summed E-state index contributed by atoms with van der Waals surface area (Å²) in [4.78, 5) is 30.2. The van der Waals surface area contributed by atoms with E-state index in [1.807, 2.05) is 20.8 Å². The van der Waals surface area contributed by atoms with Gasteiger partial charge in [0.1, 0.15) is 17.0 Å². The molecule has 36 heavy (non-hydrogen) atoms. The fourth-order valence-electron chi connectivity index (χ4n) is 4.43. The number of rotatable bonds is 4. The lowest BCUT2D eigenvalue weighted by molar-refractivity contribution is -0.177. The number of thiophene rings is 1. The summed E-state index contributed by atoms with van der Waals surface area (Å²) >= 11 is 4.56. The van der Waals surface area contributed by atoms with Crippen LogP contribution >= 0.6 is 27.3 Å². The summed E-state index contributed by atoms with van der Waals surface area (Å²) in [7, 11) is 0. The summed E-state index contributed by atoms with van der Waals surface area (Å²) in [6.07, 6.45) is -3.78. The molecule has 0 atom stereocenters. The van der Waals surface area contributed by atoms with Crippen molar-refractivity contribution in [1.82, 2.24) is 14.9 Å². The number of amides is 1. The Bertz CT molecular complexity index is 1370. The number of ether oxygens (including phenoxy) is 1. The van der Waals surface area contributed by atoms with E-state index in [1.54, 1.807) is 31.2 Å². The van der Waals surface area contributed by atoms with E-state index in [2.05, 4.69) is 26.2 Å². The van der Waals surface area contributed by atoms with Gasteiger partial charge < -0.3 is 15.2 Å². The highest BCUT2D eigenvalue weighted by Gasteiger charge is 2.55. The molecule has 0 aliphatic heterocycles. The molecule has 2 heterocycles. The quantitative estimate of drug-likeness (QED) is 0.407. The Morgan fingerprint density at radius 1 is 1.25 bits per heavy atom. The molecule has 1 amide bonds. The average Bonchev–Trinajstić information content (AvgIpc) is 3.03. The molecule has 0 spiro atoms. The first kappa shape index (κ1) is 26.6. The van der Waals surface area contributed by atoms with Crippen LogP contribution < -0.4 is 10.9 Å². The van der Waals surface area contributed by atoms with E-state index >= 15 is 0 Å². The average molecular weight is 588 g/mol. The Labute approximate surface area is 217 Å². The van der Waals surface area contributed by atoms with Gasteiger partial charge in [0.25, 0.3) is 5.56 Å². The number of alkyl halides is 3. The first-order chi connectivity index (χ1) is 16.5. The van der Waals surface area contributed by atoms with Crippen LogP contribution in [0.5, 0.6) is 0 Å². The summed E-state index contributed by atoms with van der Waals surface area (Å²) in [6, 6.07) is 7.11. The highest BCUT2D eigenvalue weighted by atomic mass is 79.9. The molecular formula is C24H25BrF3N3O4S. The van der Waals surface area contributed by atoms with Gasteiger partial charge in [-0.05, 0) is 54.8 Å². The minimum Gasteiger partial charge on any atom is -0.438 e. The van der Waals surface area contributed by atoms with Crippen molar-refractivity contribution in [1.29, 1.82) is 0 Å². The van der Waals surface area contributed by atoms with Crippen LogP contribution in [0.15, 0.2) is 39.9 Å². The first-order valence-electron chi connectivity index (χ1n) is 11.1. The summed E-state index contributed by atoms with van der Waals surface area (Å²) in [5.74, 6) is 0. The predicted octanol–water partition coefficient (Wildman–Crippen LogP) is 5.71. The second kappa shape index (κ2) is 8.84. The van der Waals surface area contributed by atoms with Crippen molar-refractivity contribution in [2.45, 2.75) is 70.0 Å². The van der Waals surface area contributed by atoms with Gasteiger partial charge in [0, 0.05) is 18.4 Å². The topological polar surface area (TPSA) is 93.4 Å². The number of alkyl carbamates (subject to hydrolysis) is 1. The molecule has 4 rings (SSSR count). The Kier molecular flexibility index (Phi) is 6.54. The number of nitrogens with zero attached hydrogens (tertiary/aromatic N) is 2. The number of aliphatic hydroxyl groups is 1. The molecule has 2 N–H and O–H groups in total. The summed E-state index contributed by atoms with van der Waals surface area (Å²) in [6.45, 7) is 5.76. The van der Waals surface area contributed by atoms with Gasteiger partial charge >= 0.3 is 12.3 Å². The first-order valence-corrected chi connectivity index (χ1v) is 12.7. The molecule has 1 aliphatic rings. The van der Waals surface area contributed by atoms with E-state index in [-0.39, 0.29) is 18.2 Å². The number of carbonyl (C=O) groups is 1. The third-order valence-electron chi connectivity index (χ3n) is 5.74. The number of aromatic nitrogens is 2. The van der Waals surface area contributed by atoms with Crippen LogP contribution in [0, 0.1) is 0 Å². The van der Waals surface area contributed by atoms with E-state index in [0.29, 0.717) is 29.9 Å². The smallest absolute Gasteiger partial charge is 0.408 e. The molecule has 12 heteroatoms. The summed E-state index contributed by atoms with van der Waals surface area (Å²) < 4.78 is 45.2. The maximum Gasteiger partial charge on any atom is 0.408 e. The van der Waals surface area contributed by atoms with Crippen LogP contribution in [0.1, 0.15) is 46.1 Å². The molecule has 1 aromatic carbocycles. The fourth-order valence-corrected chi connectivity index (χ4v) is 6.42. The molecule has 7 nitrogen and oxygen atoms in total. The zero-order valence-corrected chi connectivity index (χ0v) is 22.4. The van der Waals surface area contributed by atoms with Gasteiger partial charge in [-0.1, -0.05) is 24.3 Å². The highest BCUT2D eigenvalue weighted by Crippen LogP contribution is 2.51. The van der Waals surface area contributed by atoms with Gasteiger partial charge in [0.2, 0.25) is 0 Å². The van der Waals surface area contributed by atoms with E-state index < -0.39 is 41.1 Å². The van der Waals surface area contributed by atoms with Crippen molar-refractivity contribution < 1.29 is 27.8 Å². The molecule has 0 saturated heterocycles. The summed E-state index contributed by atoms with van der Waals surface area (Å²) in [5.41, 5.74) is -1.84. The Balaban J connectivity index is 1.66. The third-order valence-corrected chi connectivity index (χ3v) is 7.94. The Hall–Kier alpha value is -2.44. The number of hydrogen-bond acceptors (Lipinski definition) is 6. The molecule has 1 saturated carbocycles. The van der Waals surface area contributed by atoms with Gasteiger partial charge in [0.05, 0.1) is 26.7 Å². The van der Waals surface area contributed by atoms with E-state index in [4.69, 9.17) is 4.74 Å². The van der Waals surface area contributed by atoms with Crippen LogP contribution in [0.4, 0.5) is 18.0 Å². The lowest BCUT2D eigenvalue weighted by Gasteiger charge is -2.51. The van der Waals surface area contributed by atoms with E-state index in [9.17, 15) is 27.9 Å². The lowest BCUT2D eigenvalue weighted by Crippen LogP contribution is -2.57. The number of halogens is 4. The SMILES string of the molecule is CC1(O)CC(OC(=O)NC(C)(C)C)(c2ccc(-c3sc4ncn(CC(F)(F)F)c(=O)c4c3Br)cc2)C1. The molecule has 1 aliphatic carbocycles. The lowest BCUT2D eigenvalue weighted by atomic mass is 9.65. The normalized spacial score (nSPS) is 22.4. The van der Waals surface area contributed by atoms with E-state index in [1.165, 1.54) is 11.3 Å². The maximum absolute atomic E-state index is 12.8. The number of nitrogens with one attached hydrogen (secondary N) is 1. The predicted molar refractivity (Wildman–Crippen MR) is 134 cm³/mol. The summed E-state index contributed by atoms with van der Waals surface area (Å²) in [5, 5.41) is 13.2. The van der Waals surface area contributed by atoms with Crippen LogP contribution in [-0.2, 0) is 16.9 Å². The highest BCUT2D eigenvalue weighted by molar-refractivity contribution is 9.10. The molecule has 194 valence electrons. The van der Waals surface area contributed by atoms with Crippen molar-refractivity contribution in [3.05, 3.63) is 51.0 Å². The molecule has 3 aromatic rings. The second-order valence-electron chi connectivity index (χ2n) is 10.4. The minimum atomic E-state index is -4.55. The van der Waals surface area contributed by atoms with Gasteiger partial charge in [-0.15, -0.1) is 11.3 Å². The van der Waals surface area contributed by atoms with Crippen LogP contribution in [0.25, 0.3) is 20.7 Å². The number of hydrogen-bond donors (Lipinski definition) is 2. The van der Waals surface area contributed by atoms with E-state index in [0.717, 1.165) is 6.33 Å². The van der Waals surface area contributed by atoms with Crippen molar-refractivity contribution in [2.24, 2.45) is 0 Å². The van der Waals surface area contributed by atoms with Gasteiger partial charge in [-0.3, -0.25) is 9.36 Å². The molecule has 1 fully saturated rings. The largest absolute Gasteiger partial charge is 0.438 e. The van der Waals surface area contributed by atoms with Crippen molar-refractivity contribution in [2.75, 3.05) is 0 Å². The molecule has 0 radical (unpaired) electrons. The number of benzene rings is 1.